The highest BCUT2D eigenvalue weighted by atomic mass is 32.1. The number of thiazole rings is 1. The maximum Gasteiger partial charge on any atom is 0.109 e. The molecule has 1 rings (SSSR count). The fraction of sp³-hybridized carbons (Fsp3) is 0.700. The minimum atomic E-state index is 0.414. The number of unbranched alkanes of at least 4 members (excludes halogenated alkanes) is 2. The summed E-state index contributed by atoms with van der Waals surface area (Å²) in [6.45, 7) is 5.50. The van der Waals surface area contributed by atoms with Gasteiger partial charge in [-0.1, -0.05) is 19.8 Å². The Balaban J connectivity index is 2.15. The summed E-state index contributed by atoms with van der Waals surface area (Å²) in [7, 11) is 0. The van der Waals surface area contributed by atoms with Crippen LogP contribution in [0.1, 0.15) is 44.2 Å². The highest BCUT2D eigenvalue weighted by Gasteiger charge is 2.05. The predicted molar refractivity (Wildman–Crippen MR) is 58.1 cm³/mol. The molecule has 1 aromatic rings. The van der Waals surface area contributed by atoms with E-state index in [9.17, 15) is 0 Å². The van der Waals surface area contributed by atoms with Gasteiger partial charge in [-0.3, -0.25) is 0 Å². The van der Waals surface area contributed by atoms with Gasteiger partial charge < -0.3 is 5.32 Å². The molecule has 1 atom stereocenters. The van der Waals surface area contributed by atoms with E-state index in [0.29, 0.717) is 6.04 Å². The smallest absolute Gasteiger partial charge is 0.109 e. The fourth-order valence-corrected chi connectivity index (χ4v) is 1.90. The highest BCUT2D eigenvalue weighted by Crippen LogP contribution is 2.14. The quantitative estimate of drug-likeness (QED) is 0.711. The molecule has 1 aromatic heterocycles. The lowest BCUT2D eigenvalue weighted by atomic mass is 10.2. The molecule has 2 nitrogen and oxygen atoms in total. The number of hydrogen-bond donors (Lipinski definition) is 1. The molecule has 0 saturated heterocycles. The summed E-state index contributed by atoms with van der Waals surface area (Å²) in [5.74, 6) is 0. The van der Waals surface area contributed by atoms with Gasteiger partial charge in [-0.2, -0.15) is 0 Å². The van der Waals surface area contributed by atoms with Crippen molar-refractivity contribution in [2.75, 3.05) is 6.54 Å². The number of hydrogen-bond acceptors (Lipinski definition) is 3. The molecule has 0 fully saturated rings. The van der Waals surface area contributed by atoms with Crippen molar-refractivity contribution >= 4 is 11.3 Å². The zero-order valence-corrected chi connectivity index (χ0v) is 9.23. The Kier molecular flexibility index (Phi) is 5.01. The second-order valence-corrected chi connectivity index (χ2v) is 4.18. The third-order valence-corrected chi connectivity index (χ3v) is 3.01. The normalized spacial score (nSPS) is 13.1. The summed E-state index contributed by atoms with van der Waals surface area (Å²) in [4.78, 5) is 4.27. The van der Waals surface area contributed by atoms with Gasteiger partial charge in [0.2, 0.25) is 0 Å². The molecule has 1 unspecified atom stereocenters. The largest absolute Gasteiger partial charge is 0.308 e. The first-order valence-corrected chi connectivity index (χ1v) is 5.85. The first kappa shape index (κ1) is 10.7. The van der Waals surface area contributed by atoms with Crippen LogP contribution in [-0.4, -0.2) is 11.5 Å². The van der Waals surface area contributed by atoms with E-state index in [0.717, 1.165) is 6.54 Å². The van der Waals surface area contributed by atoms with E-state index in [2.05, 4.69) is 24.1 Å². The van der Waals surface area contributed by atoms with Crippen LogP contribution in [0.4, 0.5) is 0 Å². The lowest BCUT2D eigenvalue weighted by Gasteiger charge is -2.10. The second kappa shape index (κ2) is 6.11. The first-order chi connectivity index (χ1) is 6.34. The summed E-state index contributed by atoms with van der Waals surface area (Å²) in [6, 6.07) is 0.414. The zero-order valence-electron chi connectivity index (χ0n) is 8.42. The van der Waals surface area contributed by atoms with Gasteiger partial charge in [-0.15, -0.1) is 11.3 Å². The zero-order chi connectivity index (χ0) is 9.52. The molecule has 0 spiro atoms. The third kappa shape index (κ3) is 3.87. The van der Waals surface area contributed by atoms with E-state index in [4.69, 9.17) is 0 Å². The van der Waals surface area contributed by atoms with Crippen molar-refractivity contribution in [3.8, 4) is 0 Å². The minimum Gasteiger partial charge on any atom is -0.308 e. The van der Waals surface area contributed by atoms with Crippen molar-refractivity contribution < 1.29 is 0 Å². The lowest BCUT2D eigenvalue weighted by Crippen LogP contribution is -2.19. The van der Waals surface area contributed by atoms with Crippen LogP contribution in [0.2, 0.25) is 0 Å². The van der Waals surface area contributed by atoms with Crippen molar-refractivity contribution in [3.63, 3.8) is 0 Å². The van der Waals surface area contributed by atoms with Crippen LogP contribution in [0.25, 0.3) is 0 Å². The van der Waals surface area contributed by atoms with Crippen LogP contribution in [-0.2, 0) is 0 Å². The van der Waals surface area contributed by atoms with Crippen LogP contribution in [0.15, 0.2) is 11.6 Å². The maximum atomic E-state index is 4.27. The third-order valence-electron chi connectivity index (χ3n) is 2.05. The molecule has 3 heteroatoms. The molecule has 13 heavy (non-hydrogen) atoms. The molecule has 0 aliphatic heterocycles. The highest BCUT2D eigenvalue weighted by molar-refractivity contribution is 7.09. The summed E-state index contributed by atoms with van der Waals surface area (Å²) in [5.41, 5.74) is 0. The average molecular weight is 198 g/mol. The van der Waals surface area contributed by atoms with Gasteiger partial charge in [0.25, 0.3) is 0 Å². The number of nitrogens with zero attached hydrogens (tertiary/aromatic N) is 1. The van der Waals surface area contributed by atoms with Gasteiger partial charge in [0.05, 0.1) is 6.04 Å². The number of rotatable bonds is 6. The molecule has 0 bridgehead atoms. The molecular weight excluding hydrogens is 180 g/mol. The molecule has 1 N–H and O–H groups in total. The van der Waals surface area contributed by atoms with Crippen molar-refractivity contribution in [2.24, 2.45) is 0 Å². The van der Waals surface area contributed by atoms with E-state index in [-0.39, 0.29) is 0 Å². The van der Waals surface area contributed by atoms with E-state index >= 15 is 0 Å². The fourth-order valence-electron chi connectivity index (χ4n) is 1.23. The van der Waals surface area contributed by atoms with Crippen molar-refractivity contribution in [3.05, 3.63) is 16.6 Å². The summed E-state index contributed by atoms with van der Waals surface area (Å²) in [6.07, 6.45) is 5.74. The van der Waals surface area contributed by atoms with E-state index in [1.807, 2.05) is 11.6 Å². The topological polar surface area (TPSA) is 24.9 Å². The van der Waals surface area contributed by atoms with Gasteiger partial charge in [-0.25, -0.2) is 4.98 Å². The summed E-state index contributed by atoms with van der Waals surface area (Å²) in [5, 5.41) is 6.69. The Hall–Kier alpha value is -0.410. The van der Waals surface area contributed by atoms with Crippen LogP contribution in [0, 0.1) is 0 Å². The molecule has 0 amide bonds. The van der Waals surface area contributed by atoms with E-state index in [1.165, 1.54) is 24.3 Å². The Morgan fingerprint density at radius 2 is 2.38 bits per heavy atom. The Morgan fingerprint density at radius 3 is 3.00 bits per heavy atom. The standard InChI is InChI=1S/C10H18N2S/c1-3-4-5-6-11-9(2)10-12-7-8-13-10/h7-9,11H,3-6H2,1-2H3. The van der Waals surface area contributed by atoms with E-state index < -0.39 is 0 Å². The maximum absolute atomic E-state index is 4.27. The molecule has 0 aliphatic rings. The molecule has 0 aliphatic carbocycles. The summed E-state index contributed by atoms with van der Waals surface area (Å²) >= 11 is 1.72. The SMILES string of the molecule is CCCCCNC(C)c1nccs1. The predicted octanol–water partition coefficient (Wildman–Crippen LogP) is 2.98. The summed E-state index contributed by atoms with van der Waals surface area (Å²) < 4.78 is 0. The van der Waals surface area contributed by atoms with Gasteiger partial charge in [0, 0.05) is 11.6 Å². The second-order valence-electron chi connectivity index (χ2n) is 3.25. The molecule has 0 aromatic carbocycles. The lowest BCUT2D eigenvalue weighted by molar-refractivity contribution is 0.542. The molecular formula is C10H18N2S. The Morgan fingerprint density at radius 1 is 1.54 bits per heavy atom. The van der Waals surface area contributed by atoms with Gasteiger partial charge >= 0.3 is 0 Å². The van der Waals surface area contributed by atoms with Crippen LogP contribution in [0.5, 0.6) is 0 Å². The van der Waals surface area contributed by atoms with Gasteiger partial charge in [0.15, 0.2) is 0 Å². The Bertz CT molecular complexity index is 209. The van der Waals surface area contributed by atoms with Crippen molar-refractivity contribution in [1.82, 2.24) is 10.3 Å². The van der Waals surface area contributed by atoms with Gasteiger partial charge in [0.1, 0.15) is 5.01 Å². The first-order valence-electron chi connectivity index (χ1n) is 4.97. The molecule has 0 radical (unpaired) electrons. The van der Waals surface area contributed by atoms with Crippen LogP contribution in [0.3, 0.4) is 0 Å². The van der Waals surface area contributed by atoms with Crippen molar-refractivity contribution in [2.45, 2.75) is 39.2 Å². The van der Waals surface area contributed by atoms with Crippen molar-refractivity contribution in [1.29, 1.82) is 0 Å². The average Bonchev–Trinajstić information content (AvgIpc) is 2.65. The Labute approximate surface area is 84.4 Å². The monoisotopic (exact) mass is 198 g/mol. The van der Waals surface area contributed by atoms with Gasteiger partial charge in [-0.05, 0) is 19.9 Å². The van der Waals surface area contributed by atoms with E-state index in [1.54, 1.807) is 11.3 Å². The molecule has 1 heterocycles. The minimum absolute atomic E-state index is 0.414. The van der Waals surface area contributed by atoms with Crippen LogP contribution >= 0.6 is 11.3 Å². The molecule has 74 valence electrons. The number of aromatic nitrogens is 1. The van der Waals surface area contributed by atoms with Crippen LogP contribution < -0.4 is 5.32 Å². The number of nitrogens with one attached hydrogen (secondary N) is 1. The molecule has 0 saturated carbocycles.